The van der Waals surface area contributed by atoms with Crippen LogP contribution in [-0.4, -0.2) is 31.1 Å². The van der Waals surface area contributed by atoms with Crippen LogP contribution in [0.1, 0.15) is 44.9 Å². The minimum atomic E-state index is 0.497. The first-order valence-electron chi connectivity index (χ1n) is 6.27. The molecule has 2 nitrogen and oxygen atoms in total. The molecule has 0 radical (unpaired) electrons. The molecule has 14 heavy (non-hydrogen) atoms. The molecule has 0 unspecified atom stereocenters. The monoisotopic (exact) mass is 196 g/mol. The molecule has 1 aliphatic heterocycles. The maximum absolute atomic E-state index is 5.96. The molecule has 82 valence electrons. The van der Waals surface area contributed by atoms with Gasteiger partial charge in [0, 0.05) is 6.54 Å². The topological polar surface area (TPSA) is 29.3 Å². The Balaban J connectivity index is 1.86. The first-order valence-corrected chi connectivity index (χ1v) is 6.27. The molecule has 0 amide bonds. The van der Waals surface area contributed by atoms with Crippen molar-refractivity contribution < 1.29 is 0 Å². The molecule has 2 N–H and O–H groups in total. The third-order valence-corrected chi connectivity index (χ3v) is 4.10. The van der Waals surface area contributed by atoms with E-state index in [1.54, 1.807) is 0 Å². The highest BCUT2D eigenvalue weighted by Gasteiger charge is 2.34. The van der Waals surface area contributed by atoms with Crippen LogP contribution in [0, 0.1) is 5.41 Å². The lowest BCUT2D eigenvalue weighted by atomic mass is 9.85. The van der Waals surface area contributed by atoms with Gasteiger partial charge in [-0.15, -0.1) is 0 Å². The van der Waals surface area contributed by atoms with Crippen LogP contribution in [0.25, 0.3) is 0 Å². The zero-order valence-corrected chi connectivity index (χ0v) is 9.30. The average molecular weight is 196 g/mol. The Kier molecular flexibility index (Phi) is 3.45. The molecule has 0 aromatic carbocycles. The van der Waals surface area contributed by atoms with Gasteiger partial charge >= 0.3 is 0 Å². The highest BCUT2D eigenvalue weighted by molar-refractivity contribution is 4.88. The molecule has 2 heteroatoms. The molecular formula is C12H24N2. The highest BCUT2D eigenvalue weighted by Crippen LogP contribution is 2.38. The minimum absolute atomic E-state index is 0.497. The quantitative estimate of drug-likeness (QED) is 0.748. The predicted molar refractivity (Wildman–Crippen MR) is 60.2 cm³/mol. The Morgan fingerprint density at radius 3 is 2.14 bits per heavy atom. The molecule has 1 saturated carbocycles. The maximum atomic E-state index is 5.96. The summed E-state index contributed by atoms with van der Waals surface area (Å²) in [5.41, 5.74) is 6.46. The van der Waals surface area contributed by atoms with Crippen molar-refractivity contribution in [2.24, 2.45) is 11.1 Å². The highest BCUT2D eigenvalue weighted by atomic mass is 15.1. The van der Waals surface area contributed by atoms with Crippen molar-refractivity contribution in [2.45, 2.75) is 44.9 Å². The molecule has 1 aliphatic carbocycles. The molecule has 2 aliphatic rings. The first-order chi connectivity index (χ1) is 6.85. The second-order valence-corrected chi connectivity index (χ2v) is 5.25. The van der Waals surface area contributed by atoms with Crippen LogP contribution >= 0.6 is 0 Å². The number of nitrogens with zero attached hydrogens (tertiary/aromatic N) is 1. The van der Waals surface area contributed by atoms with Crippen molar-refractivity contribution in [1.82, 2.24) is 4.90 Å². The summed E-state index contributed by atoms with van der Waals surface area (Å²) in [6.45, 7) is 4.83. The van der Waals surface area contributed by atoms with E-state index in [0.717, 1.165) is 6.54 Å². The Hall–Kier alpha value is -0.0800. The standard InChI is InChI=1S/C12H24N2/c13-10-12(6-2-3-7-12)11-14-8-4-1-5-9-14/h1-11,13H2. The van der Waals surface area contributed by atoms with E-state index in [4.69, 9.17) is 5.73 Å². The summed E-state index contributed by atoms with van der Waals surface area (Å²) in [6, 6.07) is 0. The van der Waals surface area contributed by atoms with Gasteiger partial charge in [-0.1, -0.05) is 19.3 Å². The van der Waals surface area contributed by atoms with Gasteiger partial charge in [0.2, 0.25) is 0 Å². The Morgan fingerprint density at radius 1 is 0.929 bits per heavy atom. The number of rotatable bonds is 3. The summed E-state index contributed by atoms with van der Waals surface area (Å²) in [6.07, 6.45) is 9.81. The van der Waals surface area contributed by atoms with Crippen molar-refractivity contribution >= 4 is 0 Å². The Morgan fingerprint density at radius 2 is 1.57 bits per heavy atom. The summed E-state index contributed by atoms with van der Waals surface area (Å²) in [7, 11) is 0. The van der Waals surface area contributed by atoms with E-state index in [9.17, 15) is 0 Å². The first kappa shape index (κ1) is 10.4. The third kappa shape index (κ3) is 2.29. The van der Waals surface area contributed by atoms with Crippen molar-refractivity contribution in [3.8, 4) is 0 Å². The van der Waals surface area contributed by atoms with Crippen LogP contribution in [0.5, 0.6) is 0 Å². The fourth-order valence-corrected chi connectivity index (χ4v) is 3.14. The summed E-state index contributed by atoms with van der Waals surface area (Å²) < 4.78 is 0. The van der Waals surface area contributed by atoms with Crippen molar-refractivity contribution in [3.63, 3.8) is 0 Å². The summed E-state index contributed by atoms with van der Waals surface area (Å²) in [5.74, 6) is 0. The van der Waals surface area contributed by atoms with E-state index in [0.29, 0.717) is 5.41 Å². The molecule has 1 saturated heterocycles. The van der Waals surface area contributed by atoms with Gasteiger partial charge in [-0.2, -0.15) is 0 Å². The van der Waals surface area contributed by atoms with Crippen LogP contribution in [0.15, 0.2) is 0 Å². The number of likely N-dealkylation sites (tertiary alicyclic amines) is 1. The molecular weight excluding hydrogens is 172 g/mol. The number of hydrogen-bond acceptors (Lipinski definition) is 2. The smallest absolute Gasteiger partial charge is 0.00501 e. The van der Waals surface area contributed by atoms with Gasteiger partial charge in [0.1, 0.15) is 0 Å². The fraction of sp³-hybridized carbons (Fsp3) is 1.00. The van der Waals surface area contributed by atoms with Crippen molar-refractivity contribution in [2.75, 3.05) is 26.2 Å². The van der Waals surface area contributed by atoms with E-state index < -0.39 is 0 Å². The van der Waals surface area contributed by atoms with Crippen molar-refractivity contribution in [3.05, 3.63) is 0 Å². The van der Waals surface area contributed by atoms with Gasteiger partial charge in [-0.25, -0.2) is 0 Å². The van der Waals surface area contributed by atoms with E-state index in [2.05, 4.69) is 4.90 Å². The van der Waals surface area contributed by atoms with Gasteiger partial charge in [0.05, 0.1) is 0 Å². The second-order valence-electron chi connectivity index (χ2n) is 5.25. The lowest BCUT2D eigenvalue weighted by Gasteiger charge is -2.36. The summed E-state index contributed by atoms with van der Waals surface area (Å²) in [4.78, 5) is 2.65. The van der Waals surface area contributed by atoms with Gasteiger partial charge in [0.25, 0.3) is 0 Å². The van der Waals surface area contributed by atoms with Crippen LogP contribution in [0.4, 0.5) is 0 Å². The number of piperidine rings is 1. The number of nitrogens with two attached hydrogens (primary N) is 1. The molecule has 1 heterocycles. The lowest BCUT2D eigenvalue weighted by molar-refractivity contribution is 0.137. The Labute approximate surface area is 87.8 Å². The van der Waals surface area contributed by atoms with Gasteiger partial charge in [-0.3, -0.25) is 0 Å². The van der Waals surface area contributed by atoms with Gasteiger partial charge in [-0.05, 0) is 50.7 Å². The van der Waals surface area contributed by atoms with E-state index in [1.807, 2.05) is 0 Å². The lowest BCUT2D eigenvalue weighted by Crippen LogP contribution is -2.43. The SMILES string of the molecule is NCC1(CN2CCCCC2)CCCC1. The van der Waals surface area contributed by atoms with Gasteiger partial charge < -0.3 is 10.6 Å². The fourth-order valence-electron chi connectivity index (χ4n) is 3.14. The van der Waals surface area contributed by atoms with E-state index >= 15 is 0 Å². The van der Waals surface area contributed by atoms with Crippen LogP contribution in [-0.2, 0) is 0 Å². The molecule has 0 aromatic heterocycles. The van der Waals surface area contributed by atoms with Crippen LogP contribution < -0.4 is 5.73 Å². The maximum Gasteiger partial charge on any atom is 0.00501 e. The molecule has 0 bridgehead atoms. The normalized spacial score (nSPS) is 28.1. The molecule has 2 fully saturated rings. The summed E-state index contributed by atoms with van der Waals surface area (Å²) >= 11 is 0. The third-order valence-electron chi connectivity index (χ3n) is 4.10. The van der Waals surface area contributed by atoms with Crippen LogP contribution in [0.2, 0.25) is 0 Å². The molecule has 0 spiro atoms. The second kappa shape index (κ2) is 4.63. The van der Waals surface area contributed by atoms with Crippen molar-refractivity contribution in [1.29, 1.82) is 0 Å². The zero-order valence-electron chi connectivity index (χ0n) is 9.30. The van der Waals surface area contributed by atoms with E-state index in [-0.39, 0.29) is 0 Å². The Bertz CT molecular complexity index is 167. The predicted octanol–water partition coefficient (Wildman–Crippen LogP) is 1.99. The summed E-state index contributed by atoms with van der Waals surface area (Å²) in [5, 5.41) is 0. The van der Waals surface area contributed by atoms with E-state index in [1.165, 1.54) is 64.6 Å². The number of hydrogen-bond donors (Lipinski definition) is 1. The van der Waals surface area contributed by atoms with Crippen LogP contribution in [0.3, 0.4) is 0 Å². The molecule has 0 atom stereocenters. The largest absolute Gasteiger partial charge is 0.330 e. The minimum Gasteiger partial charge on any atom is -0.330 e. The zero-order chi connectivity index (χ0) is 9.86. The molecule has 0 aromatic rings. The van der Waals surface area contributed by atoms with Gasteiger partial charge in [0.15, 0.2) is 0 Å². The average Bonchev–Trinajstić information content (AvgIpc) is 2.69. The molecule has 2 rings (SSSR count).